The van der Waals surface area contributed by atoms with E-state index in [1.54, 1.807) is 0 Å². The molecule has 2 aliphatic heterocycles. The number of fused-ring (bicyclic) bond motifs is 2. The molecule has 0 atom stereocenters. The summed E-state index contributed by atoms with van der Waals surface area (Å²) in [6, 6.07) is 15.8. The monoisotopic (exact) mass is 400 g/mol. The molecule has 4 heteroatoms. The van der Waals surface area contributed by atoms with Crippen molar-refractivity contribution in [1.82, 2.24) is 4.90 Å². The lowest BCUT2D eigenvalue weighted by Gasteiger charge is -2.47. The van der Waals surface area contributed by atoms with Crippen molar-refractivity contribution < 1.29 is 0 Å². The molecule has 0 bridgehead atoms. The maximum Gasteiger partial charge on any atom is 0.167 e. The van der Waals surface area contributed by atoms with E-state index in [0.717, 1.165) is 13.1 Å². The Morgan fingerprint density at radius 3 is 2.62 bits per heavy atom. The standard InChI is InChI=1S/C20H20N2S.BrH/c1-2-6-16-13-17(8-7-15(16)5-1)20(9-3-10-20)18-14-23-19-21-11-4-12-22(18)19;/h1-2,5-8,13-14H,3-4,9-12H2;1H. The van der Waals surface area contributed by atoms with Crippen LogP contribution in [0.25, 0.3) is 10.8 Å². The molecule has 3 aliphatic rings. The number of halogens is 1. The van der Waals surface area contributed by atoms with Crippen molar-refractivity contribution in [2.45, 2.75) is 31.1 Å². The molecule has 24 heavy (non-hydrogen) atoms. The first-order chi connectivity index (χ1) is 11.4. The smallest absolute Gasteiger partial charge is 0.167 e. The molecule has 0 spiro atoms. The van der Waals surface area contributed by atoms with Crippen LogP contribution >= 0.6 is 28.7 Å². The average molecular weight is 401 g/mol. The van der Waals surface area contributed by atoms with E-state index in [1.807, 2.05) is 11.8 Å². The van der Waals surface area contributed by atoms with Crippen LogP contribution in [0.15, 0.2) is 58.6 Å². The van der Waals surface area contributed by atoms with Gasteiger partial charge >= 0.3 is 0 Å². The van der Waals surface area contributed by atoms with E-state index in [9.17, 15) is 0 Å². The zero-order chi connectivity index (χ0) is 15.3. The van der Waals surface area contributed by atoms with E-state index < -0.39 is 0 Å². The van der Waals surface area contributed by atoms with E-state index >= 15 is 0 Å². The minimum atomic E-state index is 0. The van der Waals surface area contributed by atoms with Crippen molar-refractivity contribution in [2.75, 3.05) is 13.1 Å². The predicted octanol–water partition coefficient (Wildman–Crippen LogP) is 5.49. The molecular formula is C20H21BrN2S. The highest BCUT2D eigenvalue weighted by molar-refractivity contribution is 8.93. The molecule has 1 saturated carbocycles. The molecule has 2 aromatic carbocycles. The first kappa shape index (κ1) is 16.2. The van der Waals surface area contributed by atoms with Crippen LogP contribution < -0.4 is 0 Å². The summed E-state index contributed by atoms with van der Waals surface area (Å²) in [6.45, 7) is 2.12. The van der Waals surface area contributed by atoms with Gasteiger partial charge in [-0.05, 0) is 41.0 Å². The van der Waals surface area contributed by atoms with Crippen molar-refractivity contribution in [3.8, 4) is 0 Å². The Morgan fingerprint density at radius 2 is 1.83 bits per heavy atom. The average Bonchev–Trinajstić information content (AvgIpc) is 2.98. The number of benzene rings is 2. The van der Waals surface area contributed by atoms with Gasteiger partial charge in [0.1, 0.15) is 0 Å². The summed E-state index contributed by atoms with van der Waals surface area (Å²) in [6.07, 6.45) is 5.04. The van der Waals surface area contributed by atoms with Crippen LogP contribution in [0.2, 0.25) is 0 Å². The van der Waals surface area contributed by atoms with Gasteiger partial charge in [0.25, 0.3) is 0 Å². The second-order valence-corrected chi connectivity index (χ2v) is 7.62. The molecule has 1 fully saturated rings. The molecule has 5 rings (SSSR count). The number of allylic oxidation sites excluding steroid dienone is 1. The van der Waals surface area contributed by atoms with Gasteiger partial charge in [0.2, 0.25) is 0 Å². The van der Waals surface area contributed by atoms with Gasteiger partial charge in [-0.25, -0.2) is 0 Å². The molecule has 0 unspecified atom stereocenters. The third kappa shape index (κ3) is 2.34. The Kier molecular flexibility index (Phi) is 4.21. The van der Waals surface area contributed by atoms with Crippen molar-refractivity contribution in [1.29, 1.82) is 0 Å². The molecule has 0 radical (unpaired) electrons. The van der Waals surface area contributed by atoms with Gasteiger partial charge in [-0.3, -0.25) is 4.99 Å². The van der Waals surface area contributed by atoms with E-state index in [2.05, 4.69) is 52.8 Å². The Bertz CT molecular complexity index is 838. The number of hydrogen-bond acceptors (Lipinski definition) is 3. The van der Waals surface area contributed by atoms with Crippen LogP contribution in [0.1, 0.15) is 31.2 Å². The SMILES string of the molecule is Br.C1=C(C2(c3ccc4ccccc4c3)CCC2)N2CCCN=C2S1. The molecule has 2 nitrogen and oxygen atoms in total. The van der Waals surface area contributed by atoms with Crippen molar-refractivity contribution >= 4 is 44.7 Å². The molecule has 2 heterocycles. The van der Waals surface area contributed by atoms with Gasteiger partial charge in [-0.1, -0.05) is 60.6 Å². The van der Waals surface area contributed by atoms with Crippen LogP contribution in [0.5, 0.6) is 0 Å². The highest BCUT2D eigenvalue weighted by Gasteiger charge is 2.47. The van der Waals surface area contributed by atoms with Crippen LogP contribution in [-0.4, -0.2) is 23.2 Å². The third-order valence-electron chi connectivity index (χ3n) is 5.58. The number of thioether (sulfide) groups is 1. The van der Waals surface area contributed by atoms with E-state index in [0.29, 0.717) is 0 Å². The fourth-order valence-corrected chi connectivity index (χ4v) is 5.21. The lowest BCUT2D eigenvalue weighted by molar-refractivity contribution is 0.245. The van der Waals surface area contributed by atoms with Gasteiger partial charge in [0.15, 0.2) is 5.17 Å². The van der Waals surface area contributed by atoms with Crippen molar-refractivity contribution in [2.24, 2.45) is 4.99 Å². The molecule has 124 valence electrons. The number of hydrogen-bond donors (Lipinski definition) is 0. The summed E-state index contributed by atoms with van der Waals surface area (Å²) < 4.78 is 0. The Morgan fingerprint density at radius 1 is 1.00 bits per heavy atom. The number of aliphatic imine (C=N–C) groups is 1. The minimum Gasteiger partial charge on any atom is -0.323 e. The van der Waals surface area contributed by atoms with Crippen LogP contribution in [0.3, 0.4) is 0 Å². The quantitative estimate of drug-likeness (QED) is 0.661. The lowest BCUT2D eigenvalue weighted by atomic mass is 9.62. The molecule has 1 aliphatic carbocycles. The number of nitrogens with zero attached hydrogens (tertiary/aromatic N) is 2. The Balaban J connectivity index is 0.00000146. The van der Waals surface area contributed by atoms with Crippen molar-refractivity contribution in [3.63, 3.8) is 0 Å². The van der Waals surface area contributed by atoms with Gasteiger partial charge < -0.3 is 4.90 Å². The molecule has 0 amide bonds. The number of amidine groups is 1. The molecular weight excluding hydrogens is 380 g/mol. The normalized spacial score (nSPS) is 21.4. The maximum absolute atomic E-state index is 4.71. The third-order valence-corrected chi connectivity index (χ3v) is 6.49. The summed E-state index contributed by atoms with van der Waals surface area (Å²) in [7, 11) is 0. The van der Waals surface area contributed by atoms with E-state index in [-0.39, 0.29) is 22.4 Å². The van der Waals surface area contributed by atoms with Gasteiger partial charge in [0, 0.05) is 24.2 Å². The minimum absolute atomic E-state index is 0. The van der Waals surface area contributed by atoms with Crippen LogP contribution in [0.4, 0.5) is 0 Å². The second-order valence-electron chi connectivity index (χ2n) is 6.79. The fraction of sp³-hybridized carbons (Fsp3) is 0.350. The highest BCUT2D eigenvalue weighted by atomic mass is 79.9. The molecule has 2 aromatic rings. The Hall–Kier alpha value is -1.26. The summed E-state index contributed by atoms with van der Waals surface area (Å²) >= 11 is 1.82. The van der Waals surface area contributed by atoms with Crippen molar-refractivity contribution in [3.05, 3.63) is 59.1 Å². The topological polar surface area (TPSA) is 15.6 Å². The summed E-state index contributed by atoms with van der Waals surface area (Å²) in [4.78, 5) is 7.20. The maximum atomic E-state index is 4.71. The largest absolute Gasteiger partial charge is 0.323 e. The first-order valence-electron chi connectivity index (χ1n) is 8.55. The van der Waals surface area contributed by atoms with E-state index in [1.165, 1.54) is 52.9 Å². The van der Waals surface area contributed by atoms with Gasteiger partial charge in [0.05, 0.1) is 0 Å². The molecule has 0 saturated heterocycles. The first-order valence-corrected chi connectivity index (χ1v) is 9.43. The van der Waals surface area contributed by atoms with Crippen LogP contribution in [0, 0.1) is 0 Å². The summed E-state index contributed by atoms with van der Waals surface area (Å²) in [5.41, 5.74) is 3.20. The summed E-state index contributed by atoms with van der Waals surface area (Å²) in [5, 5.41) is 6.28. The zero-order valence-electron chi connectivity index (χ0n) is 13.6. The molecule has 0 aromatic heterocycles. The zero-order valence-corrected chi connectivity index (χ0v) is 16.1. The predicted molar refractivity (Wildman–Crippen MR) is 109 cm³/mol. The highest BCUT2D eigenvalue weighted by Crippen LogP contribution is 2.53. The fourth-order valence-electron chi connectivity index (χ4n) is 4.16. The number of rotatable bonds is 2. The summed E-state index contributed by atoms with van der Waals surface area (Å²) in [5.74, 6) is 0. The second kappa shape index (κ2) is 6.23. The molecule has 0 N–H and O–H groups in total. The lowest BCUT2D eigenvalue weighted by Crippen LogP contribution is -2.44. The van der Waals surface area contributed by atoms with Gasteiger partial charge in [-0.15, -0.1) is 17.0 Å². The van der Waals surface area contributed by atoms with Crippen LogP contribution in [-0.2, 0) is 5.41 Å². The van der Waals surface area contributed by atoms with Gasteiger partial charge in [-0.2, -0.15) is 0 Å². The van der Waals surface area contributed by atoms with E-state index in [4.69, 9.17) is 4.99 Å². The Labute approximate surface area is 157 Å².